The molecule has 9 heteroatoms. The Morgan fingerprint density at radius 3 is 2.18 bits per heavy atom. The second-order valence-corrected chi connectivity index (χ2v) is 10.5. The fraction of sp³-hybridized carbons (Fsp3) is 0.600. The second-order valence-electron chi connectivity index (χ2n) is 10.5. The number of primary amides is 1. The minimum Gasteiger partial charge on any atom is -0.444 e. The summed E-state index contributed by atoms with van der Waals surface area (Å²) < 4.78 is 5.26. The molecule has 0 aliphatic rings. The van der Waals surface area contributed by atoms with Crippen molar-refractivity contribution in [3.63, 3.8) is 0 Å². The van der Waals surface area contributed by atoms with Gasteiger partial charge in [-0.15, -0.1) is 0 Å². The number of rotatable bonds is 9. The van der Waals surface area contributed by atoms with Crippen molar-refractivity contribution in [1.29, 1.82) is 0 Å². The molecule has 1 aromatic rings. The second kappa shape index (κ2) is 11.9. The van der Waals surface area contributed by atoms with Crippen LogP contribution in [0.4, 0.5) is 4.79 Å². The number of benzene rings is 1. The number of amides is 4. The van der Waals surface area contributed by atoms with E-state index in [1.165, 1.54) is 4.90 Å². The van der Waals surface area contributed by atoms with E-state index in [0.717, 1.165) is 5.56 Å². The zero-order chi connectivity index (χ0) is 26.3. The van der Waals surface area contributed by atoms with Crippen LogP contribution in [0.2, 0.25) is 0 Å². The first-order valence-electron chi connectivity index (χ1n) is 11.5. The van der Waals surface area contributed by atoms with Crippen molar-refractivity contribution in [2.24, 2.45) is 5.73 Å². The number of nitrogens with one attached hydrogen (secondary N) is 2. The van der Waals surface area contributed by atoms with Crippen LogP contribution in [0.25, 0.3) is 0 Å². The molecule has 0 radical (unpaired) electrons. The van der Waals surface area contributed by atoms with E-state index in [1.807, 2.05) is 52.8 Å². The lowest BCUT2D eigenvalue weighted by molar-refractivity contribution is -0.144. The Morgan fingerprint density at radius 1 is 1.09 bits per heavy atom. The van der Waals surface area contributed by atoms with Crippen LogP contribution < -0.4 is 16.4 Å². The smallest absolute Gasteiger partial charge is 0.408 e. The van der Waals surface area contributed by atoms with Gasteiger partial charge in [-0.3, -0.25) is 14.4 Å². The van der Waals surface area contributed by atoms with E-state index in [4.69, 9.17) is 10.5 Å². The van der Waals surface area contributed by atoms with Gasteiger partial charge < -0.3 is 26.0 Å². The summed E-state index contributed by atoms with van der Waals surface area (Å²) in [5.74, 6) is -1.73. The van der Waals surface area contributed by atoms with Crippen LogP contribution in [-0.2, 0) is 19.1 Å². The Labute approximate surface area is 202 Å². The molecule has 2 unspecified atom stereocenters. The van der Waals surface area contributed by atoms with Crippen molar-refractivity contribution in [1.82, 2.24) is 15.5 Å². The third-order valence-corrected chi connectivity index (χ3v) is 4.56. The first-order chi connectivity index (χ1) is 15.5. The molecule has 0 saturated heterocycles. The van der Waals surface area contributed by atoms with Gasteiger partial charge in [-0.2, -0.15) is 0 Å². The standard InChI is InChI=1S/C25H40N4O5/c1-9-13-29(22(32)18(15-19(26)30)27-23(33)34-25(6,7)8)20(21(31)28-24(3,4)5)17-12-10-11-16(2)14-17/h10-12,14,18,20H,9,13,15H2,1-8H3,(H2,26,30)(H,27,33)(H,28,31). The Kier molecular flexibility index (Phi) is 10.1. The lowest BCUT2D eigenvalue weighted by Gasteiger charge is -2.35. The van der Waals surface area contributed by atoms with Crippen molar-refractivity contribution in [3.8, 4) is 0 Å². The highest BCUT2D eigenvalue weighted by molar-refractivity contribution is 5.94. The monoisotopic (exact) mass is 476 g/mol. The van der Waals surface area contributed by atoms with E-state index in [2.05, 4.69) is 10.6 Å². The molecule has 0 aliphatic heterocycles. The van der Waals surface area contributed by atoms with Gasteiger partial charge in [-0.05, 0) is 60.5 Å². The van der Waals surface area contributed by atoms with E-state index in [1.54, 1.807) is 26.8 Å². The average Bonchev–Trinajstić information content (AvgIpc) is 2.63. The Hall–Kier alpha value is -3.10. The molecule has 1 rings (SSSR count). The van der Waals surface area contributed by atoms with Crippen molar-refractivity contribution in [2.45, 2.75) is 91.5 Å². The van der Waals surface area contributed by atoms with Crippen molar-refractivity contribution in [3.05, 3.63) is 35.4 Å². The molecule has 1 aromatic carbocycles. The van der Waals surface area contributed by atoms with E-state index >= 15 is 0 Å². The molecular weight excluding hydrogens is 436 g/mol. The topological polar surface area (TPSA) is 131 Å². The van der Waals surface area contributed by atoms with Crippen LogP contribution in [0, 0.1) is 6.92 Å². The van der Waals surface area contributed by atoms with E-state index in [0.29, 0.717) is 12.0 Å². The molecule has 0 bridgehead atoms. The van der Waals surface area contributed by atoms with Crippen LogP contribution in [0.5, 0.6) is 0 Å². The molecule has 4 N–H and O–H groups in total. The number of hydrogen-bond acceptors (Lipinski definition) is 5. The summed E-state index contributed by atoms with van der Waals surface area (Å²) in [7, 11) is 0. The van der Waals surface area contributed by atoms with Gasteiger partial charge in [0.05, 0.1) is 6.42 Å². The normalized spacial score (nSPS) is 13.4. The zero-order valence-corrected chi connectivity index (χ0v) is 21.7. The summed E-state index contributed by atoms with van der Waals surface area (Å²) in [6, 6.07) is 5.08. The number of nitrogens with two attached hydrogens (primary N) is 1. The van der Waals surface area contributed by atoms with Gasteiger partial charge in [-0.25, -0.2) is 4.79 Å². The Bertz CT molecular complexity index is 886. The van der Waals surface area contributed by atoms with Crippen molar-refractivity contribution >= 4 is 23.8 Å². The number of nitrogens with zero attached hydrogens (tertiary/aromatic N) is 1. The molecule has 0 fully saturated rings. The van der Waals surface area contributed by atoms with E-state index in [9.17, 15) is 19.2 Å². The predicted octanol–water partition coefficient (Wildman–Crippen LogP) is 2.96. The zero-order valence-electron chi connectivity index (χ0n) is 21.7. The van der Waals surface area contributed by atoms with Crippen LogP contribution in [0.15, 0.2) is 24.3 Å². The highest BCUT2D eigenvalue weighted by Crippen LogP contribution is 2.25. The largest absolute Gasteiger partial charge is 0.444 e. The molecule has 9 nitrogen and oxygen atoms in total. The molecular formula is C25H40N4O5. The minimum atomic E-state index is -1.28. The van der Waals surface area contributed by atoms with Gasteiger partial charge in [0.15, 0.2) is 0 Å². The summed E-state index contributed by atoms with van der Waals surface area (Å²) >= 11 is 0. The summed E-state index contributed by atoms with van der Waals surface area (Å²) in [4.78, 5) is 52.7. The molecule has 0 saturated carbocycles. The Balaban J connectivity index is 3.46. The fourth-order valence-electron chi connectivity index (χ4n) is 3.41. The molecule has 0 aliphatic carbocycles. The number of carbonyl (C=O) groups excluding carboxylic acids is 4. The first kappa shape index (κ1) is 28.9. The van der Waals surface area contributed by atoms with Gasteiger partial charge in [0.2, 0.25) is 17.7 Å². The van der Waals surface area contributed by atoms with Crippen LogP contribution in [0.3, 0.4) is 0 Å². The SMILES string of the molecule is CCCN(C(=O)C(CC(N)=O)NC(=O)OC(C)(C)C)C(C(=O)NC(C)(C)C)c1cccc(C)c1. The molecule has 2 atom stereocenters. The summed E-state index contributed by atoms with van der Waals surface area (Å²) in [6.07, 6.45) is -0.735. The third kappa shape index (κ3) is 9.80. The number of carbonyl (C=O) groups is 4. The van der Waals surface area contributed by atoms with Crippen LogP contribution in [-0.4, -0.2) is 52.4 Å². The Morgan fingerprint density at radius 2 is 1.71 bits per heavy atom. The molecule has 0 aromatic heterocycles. The number of ether oxygens (including phenoxy) is 1. The van der Waals surface area contributed by atoms with Gasteiger partial charge >= 0.3 is 6.09 Å². The predicted molar refractivity (Wildman–Crippen MR) is 131 cm³/mol. The first-order valence-corrected chi connectivity index (χ1v) is 11.5. The lowest BCUT2D eigenvalue weighted by Crippen LogP contribution is -2.55. The lowest BCUT2D eigenvalue weighted by atomic mass is 9.98. The van der Waals surface area contributed by atoms with Gasteiger partial charge in [-0.1, -0.05) is 36.8 Å². The highest BCUT2D eigenvalue weighted by atomic mass is 16.6. The fourth-order valence-corrected chi connectivity index (χ4v) is 3.41. The highest BCUT2D eigenvalue weighted by Gasteiger charge is 2.37. The van der Waals surface area contributed by atoms with E-state index < -0.39 is 47.6 Å². The van der Waals surface area contributed by atoms with E-state index in [-0.39, 0.29) is 12.5 Å². The summed E-state index contributed by atoms with van der Waals surface area (Å²) in [5.41, 5.74) is 5.59. The minimum absolute atomic E-state index is 0.222. The van der Waals surface area contributed by atoms with Gasteiger partial charge in [0, 0.05) is 12.1 Å². The van der Waals surface area contributed by atoms with Crippen LogP contribution in [0.1, 0.15) is 78.5 Å². The van der Waals surface area contributed by atoms with Crippen molar-refractivity contribution in [2.75, 3.05) is 6.54 Å². The molecule has 4 amide bonds. The maximum atomic E-state index is 13.7. The number of hydrogen-bond donors (Lipinski definition) is 3. The maximum Gasteiger partial charge on any atom is 0.408 e. The third-order valence-electron chi connectivity index (χ3n) is 4.56. The molecule has 190 valence electrons. The van der Waals surface area contributed by atoms with Gasteiger partial charge in [0.1, 0.15) is 17.7 Å². The quantitative estimate of drug-likeness (QED) is 0.504. The number of aryl methyl sites for hydroxylation is 1. The van der Waals surface area contributed by atoms with Gasteiger partial charge in [0.25, 0.3) is 0 Å². The maximum absolute atomic E-state index is 13.7. The number of alkyl carbamates (subject to hydrolysis) is 1. The molecule has 0 spiro atoms. The molecule has 0 heterocycles. The average molecular weight is 477 g/mol. The molecule has 34 heavy (non-hydrogen) atoms. The van der Waals surface area contributed by atoms with Crippen molar-refractivity contribution < 1.29 is 23.9 Å². The summed E-state index contributed by atoms with van der Waals surface area (Å²) in [6.45, 7) is 14.6. The summed E-state index contributed by atoms with van der Waals surface area (Å²) in [5, 5.41) is 5.41. The van der Waals surface area contributed by atoms with Crippen LogP contribution >= 0.6 is 0 Å².